The molecule has 0 unspecified atom stereocenters. The minimum absolute atomic E-state index is 0.243. The van der Waals surface area contributed by atoms with Gasteiger partial charge in [0.25, 0.3) is 0 Å². The van der Waals surface area contributed by atoms with Crippen molar-refractivity contribution in [3.63, 3.8) is 0 Å². The SMILES string of the molecule is Cc1nc(CSc2n[nH]c(/C=C\c3ccc(F)cc3)n2)cs1. The predicted molar refractivity (Wildman–Crippen MR) is 88.1 cm³/mol. The molecule has 0 fully saturated rings. The molecular weight excluding hydrogens is 319 g/mol. The van der Waals surface area contributed by atoms with Gasteiger partial charge in [0.1, 0.15) is 11.6 Å². The summed E-state index contributed by atoms with van der Waals surface area (Å²) in [5, 5.41) is 10.8. The van der Waals surface area contributed by atoms with Crippen LogP contribution in [0.1, 0.15) is 22.1 Å². The van der Waals surface area contributed by atoms with E-state index in [2.05, 4.69) is 20.2 Å². The van der Waals surface area contributed by atoms with Crippen LogP contribution in [0.3, 0.4) is 0 Å². The molecule has 3 aromatic rings. The van der Waals surface area contributed by atoms with Gasteiger partial charge in [-0.3, -0.25) is 5.10 Å². The third-order valence-corrected chi connectivity index (χ3v) is 4.50. The Kier molecular flexibility index (Phi) is 4.65. The van der Waals surface area contributed by atoms with Crippen LogP contribution in [0.5, 0.6) is 0 Å². The Morgan fingerprint density at radius 1 is 1.23 bits per heavy atom. The molecule has 0 aliphatic heterocycles. The van der Waals surface area contributed by atoms with Crippen LogP contribution in [-0.2, 0) is 5.75 Å². The number of benzene rings is 1. The van der Waals surface area contributed by atoms with Gasteiger partial charge in [0.2, 0.25) is 5.16 Å². The average Bonchev–Trinajstić information content (AvgIpc) is 3.13. The highest BCUT2D eigenvalue weighted by molar-refractivity contribution is 7.98. The molecule has 2 aromatic heterocycles. The second-order valence-corrected chi connectivity index (χ2v) is 6.54. The third-order valence-electron chi connectivity index (χ3n) is 2.80. The van der Waals surface area contributed by atoms with E-state index in [9.17, 15) is 4.39 Å². The van der Waals surface area contributed by atoms with Gasteiger partial charge in [-0.15, -0.1) is 16.4 Å². The van der Waals surface area contributed by atoms with Gasteiger partial charge in [-0.05, 0) is 30.7 Å². The van der Waals surface area contributed by atoms with Gasteiger partial charge in [0.05, 0.1) is 10.7 Å². The molecule has 1 N–H and O–H groups in total. The molecule has 22 heavy (non-hydrogen) atoms. The van der Waals surface area contributed by atoms with Crippen LogP contribution in [0.25, 0.3) is 12.2 Å². The fourth-order valence-corrected chi connectivity index (χ4v) is 3.18. The van der Waals surface area contributed by atoms with E-state index in [1.165, 1.54) is 23.9 Å². The predicted octanol–water partition coefficient (Wildman–Crippen LogP) is 4.17. The monoisotopic (exact) mass is 332 g/mol. The van der Waals surface area contributed by atoms with Gasteiger partial charge in [-0.1, -0.05) is 30.0 Å². The molecule has 1 aromatic carbocycles. The number of nitrogens with one attached hydrogen (secondary N) is 1. The number of halogens is 1. The summed E-state index contributed by atoms with van der Waals surface area (Å²) in [5.74, 6) is 1.18. The van der Waals surface area contributed by atoms with Crippen LogP contribution >= 0.6 is 23.1 Å². The number of aromatic amines is 1. The van der Waals surface area contributed by atoms with Crippen molar-refractivity contribution in [2.75, 3.05) is 0 Å². The van der Waals surface area contributed by atoms with Gasteiger partial charge in [0, 0.05) is 11.1 Å². The van der Waals surface area contributed by atoms with Gasteiger partial charge in [-0.25, -0.2) is 14.4 Å². The summed E-state index contributed by atoms with van der Waals surface area (Å²) in [4.78, 5) is 8.78. The van der Waals surface area contributed by atoms with Gasteiger partial charge >= 0.3 is 0 Å². The molecule has 0 saturated carbocycles. The van der Waals surface area contributed by atoms with Gasteiger partial charge in [-0.2, -0.15) is 0 Å². The minimum Gasteiger partial charge on any atom is -0.259 e. The number of hydrogen-bond donors (Lipinski definition) is 1. The summed E-state index contributed by atoms with van der Waals surface area (Å²) in [6.45, 7) is 1.99. The Bertz CT molecular complexity index is 777. The van der Waals surface area contributed by atoms with Crippen LogP contribution in [-0.4, -0.2) is 20.2 Å². The van der Waals surface area contributed by atoms with Crippen molar-refractivity contribution < 1.29 is 4.39 Å². The largest absolute Gasteiger partial charge is 0.259 e. The summed E-state index contributed by atoms with van der Waals surface area (Å²) >= 11 is 3.18. The highest BCUT2D eigenvalue weighted by atomic mass is 32.2. The van der Waals surface area contributed by atoms with Crippen molar-refractivity contribution in [2.45, 2.75) is 17.8 Å². The van der Waals surface area contributed by atoms with E-state index < -0.39 is 0 Å². The molecule has 0 aliphatic rings. The summed E-state index contributed by atoms with van der Waals surface area (Å²) in [6.07, 6.45) is 3.68. The number of thioether (sulfide) groups is 1. The number of aromatic nitrogens is 4. The van der Waals surface area contributed by atoms with E-state index in [0.717, 1.165) is 22.0 Å². The molecule has 0 radical (unpaired) electrons. The number of hydrogen-bond acceptors (Lipinski definition) is 5. The van der Waals surface area contributed by atoms with Crippen molar-refractivity contribution in [1.29, 1.82) is 0 Å². The first-order chi connectivity index (χ1) is 10.7. The summed E-state index contributed by atoms with van der Waals surface area (Å²) in [5.41, 5.74) is 1.95. The molecule has 0 amide bonds. The number of rotatable bonds is 5. The van der Waals surface area contributed by atoms with E-state index in [-0.39, 0.29) is 5.82 Å². The standard InChI is InChI=1S/C15H13FN4S2/c1-10-17-13(8-21-10)9-22-15-18-14(19-20-15)7-4-11-2-5-12(16)6-3-11/h2-8H,9H2,1H3,(H,18,19,20)/b7-4-. The Balaban J connectivity index is 1.59. The first kappa shape index (κ1) is 14.9. The smallest absolute Gasteiger partial charge is 0.209 e. The Hall–Kier alpha value is -1.99. The molecule has 0 aliphatic carbocycles. The number of aryl methyl sites for hydroxylation is 1. The molecule has 7 heteroatoms. The third kappa shape index (κ3) is 4.02. The molecule has 0 atom stereocenters. The second-order valence-electron chi connectivity index (χ2n) is 4.53. The maximum atomic E-state index is 12.8. The lowest BCUT2D eigenvalue weighted by Gasteiger charge is -1.92. The van der Waals surface area contributed by atoms with Crippen molar-refractivity contribution >= 4 is 35.3 Å². The zero-order chi connectivity index (χ0) is 15.4. The first-order valence-electron chi connectivity index (χ1n) is 6.59. The Morgan fingerprint density at radius 3 is 2.77 bits per heavy atom. The van der Waals surface area contributed by atoms with E-state index in [4.69, 9.17) is 0 Å². The minimum atomic E-state index is -0.243. The lowest BCUT2D eigenvalue weighted by atomic mass is 10.2. The van der Waals surface area contributed by atoms with Crippen LogP contribution in [0.2, 0.25) is 0 Å². The van der Waals surface area contributed by atoms with Crippen LogP contribution < -0.4 is 0 Å². The topological polar surface area (TPSA) is 54.5 Å². The quantitative estimate of drug-likeness (QED) is 0.713. The zero-order valence-corrected chi connectivity index (χ0v) is 13.4. The molecule has 0 saturated heterocycles. The maximum Gasteiger partial charge on any atom is 0.209 e. The van der Waals surface area contributed by atoms with Crippen molar-refractivity contribution in [2.24, 2.45) is 0 Å². The molecule has 3 rings (SSSR count). The van der Waals surface area contributed by atoms with Crippen molar-refractivity contribution in [3.05, 3.63) is 57.6 Å². The zero-order valence-electron chi connectivity index (χ0n) is 11.8. The number of nitrogens with zero attached hydrogens (tertiary/aromatic N) is 3. The van der Waals surface area contributed by atoms with Gasteiger partial charge in [0.15, 0.2) is 0 Å². The Morgan fingerprint density at radius 2 is 2.05 bits per heavy atom. The van der Waals surface area contributed by atoms with Crippen molar-refractivity contribution in [1.82, 2.24) is 20.2 Å². The van der Waals surface area contributed by atoms with Crippen LogP contribution in [0, 0.1) is 12.7 Å². The second kappa shape index (κ2) is 6.85. The molecule has 0 bridgehead atoms. The maximum absolute atomic E-state index is 12.8. The normalized spacial score (nSPS) is 11.4. The van der Waals surface area contributed by atoms with Crippen LogP contribution in [0.15, 0.2) is 34.8 Å². The molecule has 112 valence electrons. The summed E-state index contributed by atoms with van der Waals surface area (Å²) in [7, 11) is 0. The van der Waals surface area contributed by atoms with E-state index in [1.807, 2.05) is 24.5 Å². The van der Waals surface area contributed by atoms with E-state index >= 15 is 0 Å². The first-order valence-corrected chi connectivity index (χ1v) is 8.45. The van der Waals surface area contributed by atoms with Crippen molar-refractivity contribution in [3.8, 4) is 0 Å². The lowest BCUT2D eigenvalue weighted by molar-refractivity contribution is 0.628. The highest BCUT2D eigenvalue weighted by Crippen LogP contribution is 2.20. The van der Waals surface area contributed by atoms with Crippen LogP contribution in [0.4, 0.5) is 4.39 Å². The molecule has 4 nitrogen and oxygen atoms in total. The number of H-pyrrole nitrogens is 1. The van der Waals surface area contributed by atoms with E-state index in [0.29, 0.717) is 11.0 Å². The number of thiazole rings is 1. The van der Waals surface area contributed by atoms with E-state index in [1.54, 1.807) is 23.5 Å². The fourth-order valence-electron chi connectivity index (χ4n) is 1.76. The molecule has 2 heterocycles. The average molecular weight is 332 g/mol. The molecular formula is C15H13FN4S2. The Labute approximate surface area is 135 Å². The lowest BCUT2D eigenvalue weighted by Crippen LogP contribution is -1.82. The van der Waals surface area contributed by atoms with Gasteiger partial charge < -0.3 is 0 Å². The highest BCUT2D eigenvalue weighted by Gasteiger charge is 2.04. The fraction of sp³-hybridized carbons (Fsp3) is 0.133. The summed E-state index contributed by atoms with van der Waals surface area (Å²) in [6, 6.07) is 6.28. The summed E-state index contributed by atoms with van der Waals surface area (Å²) < 4.78 is 12.8. The molecule has 0 spiro atoms.